The van der Waals surface area contributed by atoms with E-state index in [-0.39, 0.29) is 51.6 Å². The smallest absolute Gasteiger partial charge is 0.491 e. The lowest BCUT2D eigenvalue weighted by atomic mass is 10.3. The Hall–Kier alpha value is -5.69. The maximum Gasteiger partial charge on any atom is 0.573 e. The first-order valence-corrected chi connectivity index (χ1v) is 17.3. The van der Waals surface area contributed by atoms with E-state index in [4.69, 9.17) is 25.8 Å². The summed E-state index contributed by atoms with van der Waals surface area (Å²) in [5.74, 6) is -0.663. The predicted octanol–water partition coefficient (Wildman–Crippen LogP) is 1.75. The minimum absolute atomic E-state index is 0.0181. The highest BCUT2D eigenvalue weighted by molar-refractivity contribution is 7.90. The minimum atomic E-state index is -5.15. The van der Waals surface area contributed by atoms with Gasteiger partial charge in [0, 0.05) is 7.05 Å². The topological polar surface area (TPSA) is 254 Å². The molecule has 282 valence electrons. The molecule has 0 radical (unpaired) electrons. The number of carbonyl (C=O) groups is 2. The maximum atomic E-state index is 12.4. The van der Waals surface area contributed by atoms with Crippen molar-refractivity contribution in [2.45, 2.75) is 23.1 Å². The van der Waals surface area contributed by atoms with Crippen molar-refractivity contribution in [3.8, 4) is 23.5 Å². The van der Waals surface area contributed by atoms with Gasteiger partial charge >= 0.3 is 36.1 Å². The van der Waals surface area contributed by atoms with Gasteiger partial charge in [0.2, 0.25) is 5.95 Å². The number of alkyl halides is 4. The van der Waals surface area contributed by atoms with E-state index in [1.165, 1.54) is 37.1 Å². The number of ether oxygens (including phenoxy) is 4. The lowest BCUT2D eigenvalue weighted by molar-refractivity contribution is -0.275. The van der Waals surface area contributed by atoms with Gasteiger partial charge in [0.25, 0.3) is 20.0 Å². The van der Waals surface area contributed by atoms with Gasteiger partial charge in [-0.1, -0.05) is 24.3 Å². The highest BCUT2D eigenvalue weighted by Crippen LogP contribution is 2.29. The summed E-state index contributed by atoms with van der Waals surface area (Å²) in [6.07, 6.45) is -5.15. The Bertz CT molecular complexity index is 2200. The van der Waals surface area contributed by atoms with E-state index in [9.17, 15) is 44.4 Å². The number of methoxy groups -OCH3 is 2. The molecule has 4 aromatic rings. The third kappa shape index (κ3) is 10.9. The molecular weight excluding hydrogens is 771 g/mol. The number of carbonyl (C=O) groups excluding carboxylic acids is 2. The van der Waals surface area contributed by atoms with Crippen molar-refractivity contribution in [1.82, 2.24) is 38.7 Å². The average Bonchev–Trinajstić information content (AvgIpc) is 3.35. The van der Waals surface area contributed by atoms with E-state index >= 15 is 0 Å². The SMILES string of the molecule is COc1nc(C)nc(NC(=O)NS(=O)(=O)c2ccccc2OCCCl)n1.COc1nn(C(=O)NS(=O)(=O)c2ccccc2OC(F)(F)F)c(=O)n1C. The van der Waals surface area contributed by atoms with Crippen molar-refractivity contribution in [3.05, 3.63) is 64.8 Å². The van der Waals surface area contributed by atoms with Crippen LogP contribution in [0.2, 0.25) is 0 Å². The van der Waals surface area contributed by atoms with Gasteiger partial charge in [0.1, 0.15) is 33.7 Å². The zero-order valence-electron chi connectivity index (χ0n) is 27.0. The Morgan fingerprint density at radius 1 is 0.885 bits per heavy atom. The molecule has 0 aliphatic carbocycles. The van der Waals surface area contributed by atoms with Gasteiger partial charge in [-0.05, 0) is 31.2 Å². The standard InChI is InChI=1S/C14H16ClN5O5S.C12H11F3N4O6S/c1-9-16-12(19-14(17-9)24-2)18-13(21)20-26(22,23)11-6-4-3-5-10(11)25-8-7-15;1-18-10(24-2)16-19(11(18)21)9(20)17-26(22,23)8-6-4-3-5-7(8)25-12(13,14)15/h3-6H,7-8H2,1-2H3,(H2,16,17,18,19,20,21);3-6H,1-2H3,(H,17,20). The van der Waals surface area contributed by atoms with Crippen LogP contribution in [0.5, 0.6) is 23.5 Å². The fourth-order valence-electron chi connectivity index (χ4n) is 3.67. The molecule has 0 spiro atoms. The fraction of sp³-hybridized carbons (Fsp3) is 0.269. The van der Waals surface area contributed by atoms with Crippen molar-refractivity contribution >= 4 is 49.7 Å². The second-order valence-electron chi connectivity index (χ2n) is 9.38. The van der Waals surface area contributed by atoms with Crippen molar-refractivity contribution in [2.75, 3.05) is 32.0 Å². The first-order chi connectivity index (χ1) is 24.3. The van der Waals surface area contributed by atoms with Crippen LogP contribution in [0.15, 0.2) is 63.1 Å². The van der Waals surface area contributed by atoms with E-state index in [2.05, 4.69) is 30.1 Å². The lowest BCUT2D eigenvalue weighted by Gasteiger charge is -2.13. The number of halogens is 4. The van der Waals surface area contributed by atoms with Gasteiger partial charge in [-0.15, -0.1) is 34.6 Å². The number of benzene rings is 2. The maximum absolute atomic E-state index is 12.4. The second-order valence-corrected chi connectivity index (χ2v) is 13.1. The molecule has 3 N–H and O–H groups in total. The van der Waals surface area contributed by atoms with Gasteiger partial charge in [-0.3, -0.25) is 5.32 Å². The quantitative estimate of drug-likeness (QED) is 0.183. The third-order valence-corrected chi connectivity index (χ3v) is 8.62. The van der Waals surface area contributed by atoms with Crippen LogP contribution in [0.4, 0.5) is 28.7 Å². The number of nitrogens with zero attached hydrogens (tertiary/aromatic N) is 6. The predicted molar refractivity (Wildman–Crippen MR) is 171 cm³/mol. The number of urea groups is 1. The number of hydrogen-bond acceptors (Lipinski definition) is 15. The second kappa shape index (κ2) is 17.0. The summed E-state index contributed by atoms with van der Waals surface area (Å²) < 4.78 is 109. The molecule has 2 aromatic heterocycles. The van der Waals surface area contributed by atoms with Gasteiger partial charge in [0.05, 0.1) is 20.1 Å². The molecule has 20 nitrogen and oxygen atoms in total. The molecule has 0 bridgehead atoms. The number of aromatic nitrogens is 6. The number of hydrogen-bond donors (Lipinski definition) is 3. The van der Waals surface area contributed by atoms with Crippen molar-refractivity contribution < 1.29 is 58.5 Å². The first-order valence-electron chi connectivity index (χ1n) is 13.8. The number of sulfonamides is 2. The van der Waals surface area contributed by atoms with Crippen LogP contribution < -0.4 is 39.4 Å². The summed E-state index contributed by atoms with van der Waals surface area (Å²) in [5, 5.41) is 5.66. The number of aryl methyl sites for hydroxylation is 1. The Morgan fingerprint density at radius 3 is 2.02 bits per heavy atom. The zero-order valence-corrected chi connectivity index (χ0v) is 29.4. The van der Waals surface area contributed by atoms with Crippen LogP contribution in [-0.2, 0) is 27.1 Å². The summed E-state index contributed by atoms with van der Waals surface area (Å²) in [6, 6.07) is 6.76. The lowest BCUT2D eigenvalue weighted by Crippen LogP contribution is -2.40. The molecule has 0 saturated carbocycles. The molecule has 4 rings (SSSR count). The highest BCUT2D eigenvalue weighted by Gasteiger charge is 2.35. The molecular formula is C26H27ClF3N9O11S2. The van der Waals surface area contributed by atoms with Crippen molar-refractivity contribution in [2.24, 2.45) is 7.05 Å². The molecule has 0 saturated heterocycles. The Kier molecular flexibility index (Phi) is 13.3. The van der Waals surface area contributed by atoms with Crippen molar-refractivity contribution in [3.63, 3.8) is 0 Å². The fourth-order valence-corrected chi connectivity index (χ4v) is 5.86. The summed E-state index contributed by atoms with van der Waals surface area (Å²) in [6.45, 7) is 1.68. The van der Waals surface area contributed by atoms with Crippen LogP contribution in [0, 0.1) is 6.92 Å². The molecule has 26 heteroatoms. The molecule has 0 fully saturated rings. The Morgan fingerprint density at radius 2 is 1.46 bits per heavy atom. The molecule has 0 atom stereocenters. The third-order valence-electron chi connectivity index (χ3n) is 5.74. The van der Waals surface area contributed by atoms with E-state index in [1.807, 2.05) is 4.72 Å². The molecule has 0 aliphatic rings. The van der Waals surface area contributed by atoms with Crippen LogP contribution >= 0.6 is 11.6 Å². The van der Waals surface area contributed by atoms with Crippen molar-refractivity contribution in [1.29, 1.82) is 0 Å². The van der Waals surface area contributed by atoms with E-state index in [1.54, 1.807) is 13.0 Å². The van der Waals surface area contributed by atoms with E-state index in [0.29, 0.717) is 0 Å². The summed E-state index contributed by atoms with van der Waals surface area (Å²) >= 11 is 5.55. The van der Waals surface area contributed by atoms with Gasteiger partial charge in [0.15, 0.2) is 0 Å². The monoisotopic (exact) mass is 797 g/mol. The normalized spacial score (nSPS) is 11.4. The average molecular weight is 798 g/mol. The van der Waals surface area contributed by atoms with Gasteiger partial charge < -0.3 is 18.9 Å². The Balaban J connectivity index is 0.000000280. The highest BCUT2D eigenvalue weighted by atomic mass is 35.5. The number of para-hydroxylation sites is 2. The number of nitrogens with one attached hydrogen (secondary N) is 3. The summed E-state index contributed by atoms with van der Waals surface area (Å²) in [7, 11) is -5.30. The number of amides is 3. The van der Waals surface area contributed by atoms with E-state index in [0.717, 1.165) is 35.9 Å². The van der Waals surface area contributed by atoms with Crippen LogP contribution in [0.1, 0.15) is 5.82 Å². The number of rotatable bonds is 11. The molecule has 3 amide bonds. The molecule has 2 heterocycles. The largest absolute Gasteiger partial charge is 0.573 e. The van der Waals surface area contributed by atoms with Crippen LogP contribution in [0.25, 0.3) is 0 Å². The van der Waals surface area contributed by atoms with Crippen LogP contribution in [0.3, 0.4) is 0 Å². The molecule has 52 heavy (non-hydrogen) atoms. The zero-order chi connectivity index (χ0) is 38.9. The summed E-state index contributed by atoms with van der Waals surface area (Å²) in [5.41, 5.74) is -1.03. The Labute approximate surface area is 296 Å². The first kappa shape index (κ1) is 40.7. The van der Waals surface area contributed by atoms with E-state index < -0.39 is 54.8 Å². The molecule has 0 aliphatic heterocycles. The minimum Gasteiger partial charge on any atom is -0.491 e. The van der Waals surface area contributed by atoms with Gasteiger partial charge in [-0.25, -0.2) is 45.2 Å². The van der Waals surface area contributed by atoms with Gasteiger partial charge in [-0.2, -0.15) is 15.0 Å². The number of anilines is 1. The van der Waals surface area contributed by atoms with Crippen LogP contribution in [-0.4, -0.2) is 91.3 Å². The summed E-state index contributed by atoms with van der Waals surface area (Å²) in [4.78, 5) is 46.2. The molecule has 2 aromatic carbocycles. The molecule has 0 unspecified atom stereocenters.